The number of thioether (sulfide) groups is 1. The molecule has 0 aliphatic rings. The van der Waals surface area contributed by atoms with Crippen molar-refractivity contribution in [1.82, 2.24) is 0 Å². The van der Waals surface area contributed by atoms with E-state index in [1.54, 1.807) is 24.3 Å². The van der Waals surface area contributed by atoms with E-state index in [0.29, 0.717) is 5.02 Å². The summed E-state index contributed by atoms with van der Waals surface area (Å²) >= 11 is 6.77. The smallest absolute Gasteiger partial charge is 0.210 e. The van der Waals surface area contributed by atoms with Gasteiger partial charge < -0.3 is 0 Å². The van der Waals surface area contributed by atoms with E-state index in [4.69, 9.17) is 11.6 Å². The van der Waals surface area contributed by atoms with E-state index < -0.39 is 6.43 Å². The second kappa shape index (κ2) is 4.67. The topological polar surface area (TPSA) is 0 Å². The first-order valence-electron chi connectivity index (χ1n) is 3.35. The molecule has 0 nitrogen and oxygen atoms in total. The van der Waals surface area contributed by atoms with Crippen molar-refractivity contribution in [3.8, 4) is 0 Å². The largest absolute Gasteiger partial charge is 0.247 e. The first-order chi connectivity index (χ1) is 5.68. The van der Waals surface area contributed by atoms with Crippen LogP contribution in [0.2, 0.25) is 5.02 Å². The predicted molar refractivity (Wildman–Crippen MR) is 48.2 cm³/mol. The lowest BCUT2D eigenvalue weighted by atomic mass is 10.4. The van der Waals surface area contributed by atoms with Crippen LogP contribution in [0, 0.1) is 0 Å². The molecule has 0 fully saturated rings. The fraction of sp³-hybridized carbons (Fsp3) is 0.250. The van der Waals surface area contributed by atoms with Crippen molar-refractivity contribution in [3.63, 3.8) is 0 Å². The average Bonchev–Trinajstić information content (AvgIpc) is 2.01. The van der Waals surface area contributed by atoms with Gasteiger partial charge in [-0.15, -0.1) is 11.8 Å². The van der Waals surface area contributed by atoms with E-state index in [1.165, 1.54) is 0 Å². The summed E-state index contributed by atoms with van der Waals surface area (Å²) in [6.07, 6.45) is -2.27. The average molecular weight is 209 g/mol. The molecule has 0 spiro atoms. The van der Waals surface area contributed by atoms with Crippen molar-refractivity contribution in [2.45, 2.75) is 11.3 Å². The van der Waals surface area contributed by atoms with Crippen LogP contribution in [0.25, 0.3) is 0 Å². The minimum atomic E-state index is -2.27. The monoisotopic (exact) mass is 208 g/mol. The van der Waals surface area contributed by atoms with Crippen LogP contribution in [0.15, 0.2) is 29.2 Å². The molecular weight excluding hydrogens is 202 g/mol. The van der Waals surface area contributed by atoms with Gasteiger partial charge in [-0.25, -0.2) is 8.78 Å². The molecule has 1 rings (SSSR count). The fourth-order valence-corrected chi connectivity index (χ4v) is 1.67. The highest BCUT2D eigenvalue weighted by Crippen LogP contribution is 2.22. The van der Waals surface area contributed by atoms with Crippen molar-refractivity contribution in [1.29, 1.82) is 0 Å². The normalized spacial score (nSPS) is 10.7. The maximum absolute atomic E-state index is 11.8. The zero-order valence-corrected chi connectivity index (χ0v) is 7.71. The molecule has 0 heterocycles. The van der Waals surface area contributed by atoms with Crippen molar-refractivity contribution < 1.29 is 8.78 Å². The Bertz CT molecular complexity index is 253. The molecule has 0 N–H and O–H groups in total. The lowest BCUT2D eigenvalue weighted by Gasteiger charge is -2.00. The lowest BCUT2D eigenvalue weighted by molar-refractivity contribution is 0.177. The number of hydrogen-bond acceptors (Lipinski definition) is 1. The first-order valence-corrected chi connectivity index (χ1v) is 4.71. The summed E-state index contributed by atoms with van der Waals surface area (Å²) in [4.78, 5) is 0.780. The Labute approximate surface area is 78.9 Å². The number of rotatable bonds is 3. The SMILES string of the molecule is FC(F)CSc1cccc(Cl)c1. The van der Waals surface area contributed by atoms with Crippen molar-refractivity contribution in [2.24, 2.45) is 0 Å². The van der Waals surface area contributed by atoms with Crippen LogP contribution in [0.1, 0.15) is 0 Å². The second-order valence-electron chi connectivity index (χ2n) is 2.16. The van der Waals surface area contributed by atoms with Gasteiger partial charge in [0.05, 0.1) is 5.75 Å². The third-order valence-corrected chi connectivity index (χ3v) is 2.41. The van der Waals surface area contributed by atoms with E-state index >= 15 is 0 Å². The molecule has 0 atom stereocenters. The molecule has 66 valence electrons. The van der Waals surface area contributed by atoms with Gasteiger partial charge in [-0.3, -0.25) is 0 Å². The van der Waals surface area contributed by atoms with Gasteiger partial charge in [0.25, 0.3) is 0 Å². The summed E-state index contributed by atoms with van der Waals surface area (Å²) in [5.41, 5.74) is 0. The van der Waals surface area contributed by atoms with Crippen molar-refractivity contribution in [2.75, 3.05) is 5.75 Å². The van der Waals surface area contributed by atoms with Gasteiger partial charge in [0, 0.05) is 9.92 Å². The van der Waals surface area contributed by atoms with Gasteiger partial charge in [0.1, 0.15) is 0 Å². The van der Waals surface area contributed by atoms with Crippen LogP contribution in [0.3, 0.4) is 0 Å². The third kappa shape index (κ3) is 3.41. The Kier molecular flexibility index (Phi) is 3.82. The molecule has 0 bridgehead atoms. The Hall–Kier alpha value is -0.280. The molecule has 0 aliphatic heterocycles. The minimum Gasteiger partial charge on any atom is -0.210 e. The number of benzene rings is 1. The molecular formula is C8H7ClF2S. The van der Waals surface area contributed by atoms with Crippen LogP contribution >= 0.6 is 23.4 Å². The Morgan fingerprint density at radius 1 is 1.42 bits per heavy atom. The van der Waals surface area contributed by atoms with E-state index in [9.17, 15) is 8.78 Å². The number of alkyl halides is 2. The predicted octanol–water partition coefficient (Wildman–Crippen LogP) is 3.70. The highest BCUT2D eigenvalue weighted by molar-refractivity contribution is 7.99. The molecule has 0 radical (unpaired) electrons. The van der Waals surface area contributed by atoms with E-state index in [0.717, 1.165) is 16.7 Å². The third-order valence-electron chi connectivity index (χ3n) is 1.17. The summed E-state index contributed by atoms with van der Waals surface area (Å²) in [5, 5.41) is 0.578. The van der Waals surface area contributed by atoms with E-state index in [2.05, 4.69) is 0 Å². The molecule has 0 aromatic heterocycles. The van der Waals surface area contributed by atoms with Crippen molar-refractivity contribution in [3.05, 3.63) is 29.3 Å². The summed E-state index contributed by atoms with van der Waals surface area (Å²) in [6.45, 7) is 0. The summed E-state index contributed by atoms with van der Waals surface area (Å²) in [5.74, 6) is -0.180. The van der Waals surface area contributed by atoms with Crippen LogP contribution in [-0.4, -0.2) is 12.2 Å². The van der Waals surface area contributed by atoms with Gasteiger partial charge >= 0.3 is 0 Å². The first kappa shape index (κ1) is 9.81. The Balaban J connectivity index is 2.52. The van der Waals surface area contributed by atoms with Crippen LogP contribution in [0.5, 0.6) is 0 Å². The molecule has 0 unspecified atom stereocenters. The van der Waals surface area contributed by atoms with E-state index in [1.807, 2.05) is 0 Å². The highest BCUT2D eigenvalue weighted by atomic mass is 35.5. The maximum Gasteiger partial charge on any atom is 0.247 e. The minimum absolute atomic E-state index is 0.180. The summed E-state index contributed by atoms with van der Waals surface area (Å²) in [7, 11) is 0. The Morgan fingerprint density at radius 2 is 2.17 bits per heavy atom. The van der Waals surface area contributed by atoms with Crippen molar-refractivity contribution >= 4 is 23.4 Å². The van der Waals surface area contributed by atoms with Gasteiger partial charge in [-0.05, 0) is 18.2 Å². The van der Waals surface area contributed by atoms with Crippen LogP contribution in [-0.2, 0) is 0 Å². The molecule has 0 saturated heterocycles. The number of halogens is 3. The van der Waals surface area contributed by atoms with Gasteiger partial charge in [0.15, 0.2) is 0 Å². The molecule has 12 heavy (non-hydrogen) atoms. The molecule has 1 aromatic rings. The van der Waals surface area contributed by atoms with Crippen LogP contribution < -0.4 is 0 Å². The summed E-state index contributed by atoms with van der Waals surface area (Å²) < 4.78 is 23.5. The van der Waals surface area contributed by atoms with Gasteiger partial charge in [0.2, 0.25) is 6.43 Å². The molecule has 1 aromatic carbocycles. The maximum atomic E-state index is 11.8. The van der Waals surface area contributed by atoms with E-state index in [-0.39, 0.29) is 5.75 Å². The van der Waals surface area contributed by atoms with Crippen LogP contribution in [0.4, 0.5) is 8.78 Å². The highest BCUT2D eigenvalue weighted by Gasteiger charge is 2.03. The zero-order valence-electron chi connectivity index (χ0n) is 6.14. The molecule has 4 heteroatoms. The molecule has 0 saturated carbocycles. The van der Waals surface area contributed by atoms with Gasteiger partial charge in [-0.1, -0.05) is 17.7 Å². The quantitative estimate of drug-likeness (QED) is 0.683. The number of hydrogen-bond donors (Lipinski definition) is 0. The Morgan fingerprint density at radius 3 is 2.75 bits per heavy atom. The zero-order chi connectivity index (χ0) is 8.97. The lowest BCUT2D eigenvalue weighted by Crippen LogP contribution is -1.92. The molecule has 0 aliphatic carbocycles. The standard InChI is InChI=1S/C8H7ClF2S/c9-6-2-1-3-7(4-6)12-5-8(10)11/h1-4,8H,5H2. The second-order valence-corrected chi connectivity index (χ2v) is 3.69. The molecule has 0 amide bonds. The van der Waals surface area contributed by atoms with Gasteiger partial charge in [-0.2, -0.15) is 0 Å². The fourth-order valence-electron chi connectivity index (χ4n) is 0.716. The summed E-state index contributed by atoms with van der Waals surface area (Å²) in [6, 6.07) is 6.90.